The molecule has 0 atom stereocenters. The average molecular weight is 306 g/mol. The van der Waals surface area contributed by atoms with Crippen molar-refractivity contribution in [3.05, 3.63) is 21.9 Å². The number of carbonyl (C=O) groups excluding carboxylic acids is 2. The lowest BCUT2D eigenvalue weighted by molar-refractivity contribution is -0.140. The Balaban J connectivity index is 1.48. The fourth-order valence-corrected chi connectivity index (χ4v) is 3.75. The van der Waals surface area contributed by atoms with Crippen molar-refractivity contribution in [2.24, 2.45) is 5.92 Å². The van der Waals surface area contributed by atoms with Gasteiger partial charge in [-0.15, -0.1) is 11.3 Å². The predicted octanol–water partition coefficient (Wildman–Crippen LogP) is 2.40. The number of hydrogen-bond donors (Lipinski definition) is 0. The molecule has 1 saturated carbocycles. The van der Waals surface area contributed by atoms with Crippen molar-refractivity contribution < 1.29 is 9.59 Å². The van der Waals surface area contributed by atoms with Gasteiger partial charge in [0, 0.05) is 38.6 Å². The van der Waals surface area contributed by atoms with Crippen LogP contribution in [0.2, 0.25) is 0 Å². The van der Waals surface area contributed by atoms with Gasteiger partial charge in [-0.05, 0) is 36.8 Å². The van der Waals surface area contributed by atoms with E-state index < -0.39 is 0 Å². The first kappa shape index (κ1) is 14.7. The minimum atomic E-state index is 0.141. The van der Waals surface area contributed by atoms with Crippen LogP contribution in [-0.4, -0.2) is 47.7 Å². The maximum atomic E-state index is 12.2. The van der Waals surface area contributed by atoms with Gasteiger partial charge in [-0.2, -0.15) is 0 Å². The first-order chi connectivity index (χ1) is 10.1. The van der Waals surface area contributed by atoms with Gasteiger partial charge < -0.3 is 4.90 Å². The second kappa shape index (κ2) is 6.28. The van der Waals surface area contributed by atoms with E-state index in [9.17, 15) is 9.59 Å². The predicted molar refractivity (Wildman–Crippen MR) is 83.5 cm³/mol. The van der Waals surface area contributed by atoms with Crippen molar-refractivity contribution in [3.63, 3.8) is 0 Å². The quantitative estimate of drug-likeness (QED) is 0.802. The van der Waals surface area contributed by atoms with Gasteiger partial charge in [0.15, 0.2) is 5.78 Å². The Kier molecular flexibility index (Phi) is 4.40. The molecule has 0 spiro atoms. The van der Waals surface area contributed by atoms with Crippen molar-refractivity contribution in [2.45, 2.75) is 32.7 Å². The van der Waals surface area contributed by atoms with Gasteiger partial charge in [0.25, 0.3) is 0 Å². The number of amides is 1. The van der Waals surface area contributed by atoms with Crippen molar-refractivity contribution in [1.82, 2.24) is 9.80 Å². The maximum Gasteiger partial charge on any atom is 0.225 e. The van der Waals surface area contributed by atoms with Gasteiger partial charge in [0.1, 0.15) is 0 Å². The van der Waals surface area contributed by atoms with Crippen LogP contribution in [0.4, 0.5) is 0 Å². The first-order valence-electron chi connectivity index (χ1n) is 7.73. The molecule has 1 aliphatic carbocycles. The number of thiophene rings is 1. The summed E-state index contributed by atoms with van der Waals surface area (Å²) in [5, 5.41) is 2.07. The summed E-state index contributed by atoms with van der Waals surface area (Å²) in [6.45, 7) is 6.06. The Morgan fingerprint density at radius 1 is 1.24 bits per heavy atom. The highest BCUT2D eigenvalue weighted by molar-refractivity contribution is 7.12. The molecule has 114 valence electrons. The molecule has 1 aromatic heterocycles. The SMILES string of the molecule is CC(=O)c1cc(CN2CCN(C(=O)C3CCC3)CC2)cs1. The second-order valence-corrected chi connectivity index (χ2v) is 7.02. The molecule has 3 rings (SSSR count). The molecule has 2 aliphatic rings. The molecule has 1 aromatic rings. The number of rotatable bonds is 4. The van der Waals surface area contributed by atoms with E-state index in [-0.39, 0.29) is 5.78 Å². The van der Waals surface area contributed by atoms with E-state index in [4.69, 9.17) is 0 Å². The number of nitrogens with zero attached hydrogens (tertiary/aromatic N) is 2. The summed E-state index contributed by atoms with van der Waals surface area (Å²) in [5.41, 5.74) is 1.21. The molecule has 0 bridgehead atoms. The molecule has 0 radical (unpaired) electrons. The zero-order valence-electron chi connectivity index (χ0n) is 12.5. The molecule has 2 fully saturated rings. The largest absolute Gasteiger partial charge is 0.340 e. The fraction of sp³-hybridized carbons (Fsp3) is 0.625. The third kappa shape index (κ3) is 3.35. The van der Waals surface area contributed by atoms with E-state index in [0.717, 1.165) is 50.4 Å². The van der Waals surface area contributed by atoms with Crippen LogP contribution in [0.3, 0.4) is 0 Å². The molecule has 4 nitrogen and oxygen atoms in total. The number of carbonyl (C=O) groups is 2. The molecule has 5 heteroatoms. The van der Waals surface area contributed by atoms with Crippen molar-refractivity contribution in [3.8, 4) is 0 Å². The molecule has 0 unspecified atom stereocenters. The van der Waals surface area contributed by atoms with Crippen LogP contribution >= 0.6 is 11.3 Å². The van der Waals surface area contributed by atoms with Crippen molar-refractivity contribution in [1.29, 1.82) is 0 Å². The fourth-order valence-electron chi connectivity index (χ4n) is 2.94. The zero-order chi connectivity index (χ0) is 14.8. The smallest absolute Gasteiger partial charge is 0.225 e. The molecular weight excluding hydrogens is 284 g/mol. The molecule has 1 amide bonds. The summed E-state index contributed by atoms with van der Waals surface area (Å²) in [4.78, 5) is 28.8. The van der Waals surface area contributed by atoms with E-state index in [0.29, 0.717) is 11.8 Å². The minimum absolute atomic E-state index is 0.141. The highest BCUT2D eigenvalue weighted by atomic mass is 32.1. The Hall–Kier alpha value is -1.20. The van der Waals surface area contributed by atoms with Crippen molar-refractivity contribution in [2.75, 3.05) is 26.2 Å². The molecule has 21 heavy (non-hydrogen) atoms. The summed E-state index contributed by atoms with van der Waals surface area (Å²) in [5.74, 6) is 0.823. The van der Waals surface area contributed by atoms with E-state index in [1.54, 1.807) is 6.92 Å². The molecular formula is C16H22N2O2S. The van der Waals surface area contributed by atoms with Crippen LogP contribution in [0.1, 0.15) is 41.4 Å². The van der Waals surface area contributed by atoms with E-state index in [2.05, 4.69) is 10.3 Å². The average Bonchev–Trinajstić information content (AvgIpc) is 2.86. The highest BCUT2D eigenvalue weighted by Crippen LogP contribution is 2.28. The highest BCUT2D eigenvalue weighted by Gasteiger charge is 2.31. The summed E-state index contributed by atoms with van der Waals surface area (Å²) in [6, 6.07) is 2.00. The monoisotopic (exact) mass is 306 g/mol. The number of piperazine rings is 1. The normalized spacial score (nSPS) is 20.3. The van der Waals surface area contributed by atoms with Crippen LogP contribution in [0.25, 0.3) is 0 Å². The molecule has 2 heterocycles. The topological polar surface area (TPSA) is 40.6 Å². The lowest BCUT2D eigenvalue weighted by atomic mass is 9.84. The van der Waals surface area contributed by atoms with Crippen LogP contribution in [0.15, 0.2) is 11.4 Å². The molecule has 0 aromatic carbocycles. The Bertz CT molecular complexity index is 528. The van der Waals surface area contributed by atoms with E-state index in [1.807, 2.05) is 11.0 Å². The summed E-state index contributed by atoms with van der Waals surface area (Å²) in [7, 11) is 0. The van der Waals surface area contributed by atoms with E-state index in [1.165, 1.54) is 23.3 Å². The van der Waals surface area contributed by atoms with Gasteiger partial charge >= 0.3 is 0 Å². The Morgan fingerprint density at radius 2 is 1.95 bits per heavy atom. The minimum Gasteiger partial charge on any atom is -0.340 e. The lowest BCUT2D eigenvalue weighted by Gasteiger charge is -2.38. The van der Waals surface area contributed by atoms with Gasteiger partial charge in [-0.3, -0.25) is 14.5 Å². The Morgan fingerprint density at radius 3 is 2.48 bits per heavy atom. The molecule has 1 aliphatic heterocycles. The van der Waals surface area contributed by atoms with Gasteiger partial charge in [0.05, 0.1) is 4.88 Å². The first-order valence-corrected chi connectivity index (χ1v) is 8.61. The van der Waals surface area contributed by atoms with Crippen molar-refractivity contribution >= 4 is 23.0 Å². The second-order valence-electron chi connectivity index (χ2n) is 6.10. The third-order valence-electron chi connectivity index (χ3n) is 4.55. The van der Waals surface area contributed by atoms with E-state index >= 15 is 0 Å². The number of hydrogen-bond acceptors (Lipinski definition) is 4. The van der Waals surface area contributed by atoms with Crippen LogP contribution in [0.5, 0.6) is 0 Å². The zero-order valence-corrected chi connectivity index (χ0v) is 13.3. The maximum absolute atomic E-state index is 12.2. The lowest BCUT2D eigenvalue weighted by Crippen LogP contribution is -2.50. The summed E-state index contributed by atoms with van der Waals surface area (Å²) in [6.07, 6.45) is 3.39. The molecule has 0 N–H and O–H groups in total. The number of Topliss-reactive ketones (excluding diaryl/α,β-unsaturated/α-hetero) is 1. The van der Waals surface area contributed by atoms with Crippen LogP contribution in [-0.2, 0) is 11.3 Å². The van der Waals surface area contributed by atoms with Crippen LogP contribution < -0.4 is 0 Å². The van der Waals surface area contributed by atoms with Gasteiger partial charge in [-0.1, -0.05) is 6.42 Å². The Labute approximate surface area is 129 Å². The van der Waals surface area contributed by atoms with Crippen LogP contribution in [0, 0.1) is 5.92 Å². The third-order valence-corrected chi connectivity index (χ3v) is 5.63. The molecule has 1 saturated heterocycles. The van der Waals surface area contributed by atoms with Gasteiger partial charge in [0.2, 0.25) is 5.91 Å². The summed E-state index contributed by atoms with van der Waals surface area (Å²) >= 11 is 1.53. The summed E-state index contributed by atoms with van der Waals surface area (Å²) < 4.78 is 0. The van der Waals surface area contributed by atoms with Gasteiger partial charge in [-0.25, -0.2) is 0 Å². The standard InChI is InChI=1S/C16H22N2O2S/c1-12(19)15-9-13(11-21-15)10-17-5-7-18(8-6-17)16(20)14-3-2-4-14/h9,11,14H,2-8,10H2,1H3. The number of ketones is 1.